The summed E-state index contributed by atoms with van der Waals surface area (Å²) in [6.45, 7) is 0. The van der Waals surface area contributed by atoms with Gasteiger partial charge in [-0.3, -0.25) is 14.4 Å². The van der Waals surface area contributed by atoms with E-state index in [0.29, 0.717) is 18.4 Å². The van der Waals surface area contributed by atoms with E-state index >= 15 is 0 Å². The van der Waals surface area contributed by atoms with Crippen molar-refractivity contribution < 1.29 is 14.4 Å². The Balaban J connectivity index is 1.34. The molecule has 0 radical (unpaired) electrons. The van der Waals surface area contributed by atoms with Gasteiger partial charge >= 0.3 is 0 Å². The number of carbonyl (C=O) groups is 3. The van der Waals surface area contributed by atoms with Crippen molar-refractivity contribution in [1.29, 1.82) is 0 Å². The maximum absolute atomic E-state index is 13.9. The number of aromatic amines is 1. The Morgan fingerprint density at radius 1 is 1.11 bits per heavy atom. The first-order valence-electron chi connectivity index (χ1n) is 13.2. The van der Waals surface area contributed by atoms with Crippen molar-refractivity contribution in [3.05, 3.63) is 70.9 Å². The third-order valence-corrected chi connectivity index (χ3v) is 8.74. The first-order valence-corrected chi connectivity index (χ1v) is 14.6. The van der Waals surface area contributed by atoms with Crippen LogP contribution in [-0.4, -0.2) is 57.7 Å². The van der Waals surface area contributed by atoms with Gasteiger partial charge in [-0.2, -0.15) is 11.8 Å². The van der Waals surface area contributed by atoms with E-state index < -0.39 is 12.1 Å². The van der Waals surface area contributed by atoms with E-state index in [-0.39, 0.29) is 29.8 Å². The van der Waals surface area contributed by atoms with Crippen molar-refractivity contribution in [3.63, 3.8) is 0 Å². The monoisotopic (exact) mass is 516 g/mol. The smallest absolute Gasteiger partial charge is 0.255 e. The second-order valence-corrected chi connectivity index (χ2v) is 11.3. The lowest BCUT2D eigenvalue weighted by Crippen LogP contribution is -2.57. The third-order valence-electron chi connectivity index (χ3n) is 8.10. The van der Waals surface area contributed by atoms with Gasteiger partial charge in [0, 0.05) is 34.6 Å². The lowest BCUT2D eigenvalue weighted by atomic mass is 9.89. The molecule has 3 aromatic rings. The van der Waals surface area contributed by atoms with Crippen molar-refractivity contribution >= 4 is 40.4 Å². The highest BCUT2D eigenvalue weighted by atomic mass is 32.2. The molecule has 1 saturated carbocycles. The predicted molar refractivity (Wildman–Crippen MR) is 146 cm³/mol. The molecule has 6 rings (SSSR count). The third kappa shape index (κ3) is 4.21. The molecule has 3 aliphatic rings. The Bertz CT molecular complexity index is 1360. The van der Waals surface area contributed by atoms with Gasteiger partial charge < -0.3 is 20.5 Å². The van der Waals surface area contributed by atoms with E-state index in [1.807, 2.05) is 48.7 Å². The van der Waals surface area contributed by atoms with Crippen LogP contribution in [0.25, 0.3) is 10.9 Å². The number of thioether (sulfide) groups is 1. The Labute approximate surface area is 220 Å². The van der Waals surface area contributed by atoms with Crippen molar-refractivity contribution in [2.45, 2.75) is 62.7 Å². The molecule has 1 aromatic heterocycles. The summed E-state index contributed by atoms with van der Waals surface area (Å²) in [5.41, 5.74) is 4.59. The highest BCUT2D eigenvalue weighted by Crippen LogP contribution is 2.46. The highest BCUT2D eigenvalue weighted by molar-refractivity contribution is 7.98. The quantitative estimate of drug-likeness (QED) is 0.444. The summed E-state index contributed by atoms with van der Waals surface area (Å²) in [5, 5.41) is 7.28. The number of H-pyrrole nitrogens is 1. The molecule has 0 spiro atoms. The minimum Gasteiger partial charge on any atom is -0.356 e. The fraction of sp³-hybridized carbons (Fsp3) is 0.414. The molecule has 0 bridgehead atoms. The molecular formula is C29H32N4O3S. The van der Waals surface area contributed by atoms with Crippen molar-refractivity contribution in [2.24, 2.45) is 0 Å². The SMILES string of the molecule is CSCC[C@H](NC(=O)[C@H]1Cc2c([nH]c3ccccc23)[C@@H]2c3ccccc3C(=O)N21)C(=O)NC1CCCC1. The molecular weight excluding hydrogens is 484 g/mol. The molecule has 1 fully saturated rings. The number of nitrogens with one attached hydrogen (secondary N) is 3. The van der Waals surface area contributed by atoms with Crippen LogP contribution in [0.15, 0.2) is 48.5 Å². The summed E-state index contributed by atoms with van der Waals surface area (Å²) in [4.78, 5) is 46.0. The van der Waals surface area contributed by atoms with Crippen LogP contribution in [0.5, 0.6) is 0 Å². The van der Waals surface area contributed by atoms with Crippen LogP contribution in [0.2, 0.25) is 0 Å². The Morgan fingerprint density at radius 2 is 1.86 bits per heavy atom. The number of hydrogen-bond donors (Lipinski definition) is 3. The van der Waals surface area contributed by atoms with Gasteiger partial charge in [0.05, 0.1) is 6.04 Å². The second kappa shape index (κ2) is 9.89. The summed E-state index contributed by atoms with van der Waals surface area (Å²) in [5.74, 6) is 0.234. The number of benzene rings is 2. The van der Waals surface area contributed by atoms with E-state index in [2.05, 4.69) is 21.7 Å². The van der Waals surface area contributed by atoms with E-state index in [1.165, 1.54) is 0 Å². The molecule has 3 N–H and O–H groups in total. The van der Waals surface area contributed by atoms with Gasteiger partial charge in [0.15, 0.2) is 0 Å². The average molecular weight is 517 g/mol. The van der Waals surface area contributed by atoms with Crippen LogP contribution >= 0.6 is 11.8 Å². The van der Waals surface area contributed by atoms with Crippen molar-refractivity contribution in [3.8, 4) is 0 Å². The number of rotatable bonds is 7. The van der Waals surface area contributed by atoms with Crippen LogP contribution < -0.4 is 10.6 Å². The lowest BCUT2D eigenvalue weighted by molar-refractivity contribution is -0.132. The molecule has 7 nitrogen and oxygen atoms in total. The lowest BCUT2D eigenvalue weighted by Gasteiger charge is -2.37. The standard InChI is InChI=1S/C29H32N4O3S/c1-37-15-14-23(27(34)30-17-8-2-3-9-17)32-28(35)24-16-21-18-10-6-7-13-22(18)31-25(21)26-19-11-4-5-12-20(19)29(36)33(24)26/h4-7,10-13,17,23-24,26,31H,2-3,8-9,14-16H2,1H3,(H,30,34)(H,32,35)/t23-,24+,26-/m0/s1. The number of amides is 3. The number of aromatic nitrogens is 1. The molecule has 37 heavy (non-hydrogen) atoms. The molecule has 8 heteroatoms. The number of carbonyl (C=O) groups excluding carboxylic acids is 3. The minimum absolute atomic E-state index is 0.120. The van der Waals surface area contributed by atoms with Gasteiger partial charge in [-0.05, 0) is 54.5 Å². The van der Waals surface area contributed by atoms with E-state index in [9.17, 15) is 14.4 Å². The first-order chi connectivity index (χ1) is 18.1. The predicted octanol–water partition coefficient (Wildman–Crippen LogP) is 3.93. The second-order valence-electron chi connectivity index (χ2n) is 10.3. The van der Waals surface area contributed by atoms with Crippen LogP contribution in [0, 0.1) is 0 Å². The maximum atomic E-state index is 13.9. The van der Waals surface area contributed by atoms with Gasteiger partial charge in [-0.1, -0.05) is 49.2 Å². The number of nitrogens with zero attached hydrogens (tertiary/aromatic N) is 1. The zero-order valence-electron chi connectivity index (χ0n) is 21.0. The first kappa shape index (κ1) is 24.1. The summed E-state index contributed by atoms with van der Waals surface area (Å²) in [6.07, 6.45) is 7.18. The molecule has 192 valence electrons. The summed E-state index contributed by atoms with van der Waals surface area (Å²) >= 11 is 1.65. The zero-order valence-corrected chi connectivity index (χ0v) is 21.8. The van der Waals surface area contributed by atoms with Crippen LogP contribution in [-0.2, 0) is 16.0 Å². The average Bonchev–Trinajstić information content (AvgIpc) is 3.63. The normalized spacial score (nSPS) is 21.4. The molecule has 0 unspecified atom stereocenters. The highest BCUT2D eigenvalue weighted by Gasteiger charge is 2.49. The molecule has 2 aromatic carbocycles. The van der Waals surface area contributed by atoms with Gasteiger partial charge in [0.2, 0.25) is 11.8 Å². The molecule has 2 aliphatic heterocycles. The van der Waals surface area contributed by atoms with E-state index in [1.54, 1.807) is 16.7 Å². The van der Waals surface area contributed by atoms with Gasteiger partial charge in [-0.25, -0.2) is 0 Å². The van der Waals surface area contributed by atoms with Crippen molar-refractivity contribution in [1.82, 2.24) is 20.5 Å². The molecule has 0 saturated heterocycles. The molecule has 3 heterocycles. The Kier molecular flexibility index (Phi) is 6.44. The molecule has 3 amide bonds. The fourth-order valence-electron chi connectivity index (χ4n) is 6.28. The zero-order chi connectivity index (χ0) is 25.5. The summed E-state index contributed by atoms with van der Waals surface area (Å²) in [6, 6.07) is 14.2. The van der Waals surface area contributed by atoms with Gasteiger partial charge in [-0.15, -0.1) is 0 Å². The fourth-order valence-corrected chi connectivity index (χ4v) is 6.75. The minimum atomic E-state index is -0.701. The summed E-state index contributed by atoms with van der Waals surface area (Å²) < 4.78 is 0. The number of para-hydroxylation sites is 1. The topological polar surface area (TPSA) is 94.3 Å². The van der Waals surface area contributed by atoms with Gasteiger partial charge in [0.25, 0.3) is 5.91 Å². The number of hydrogen-bond acceptors (Lipinski definition) is 4. The van der Waals surface area contributed by atoms with Crippen LogP contribution in [0.3, 0.4) is 0 Å². The Hall–Kier alpha value is -3.26. The summed E-state index contributed by atoms with van der Waals surface area (Å²) in [7, 11) is 0. The van der Waals surface area contributed by atoms with Crippen LogP contribution in [0.1, 0.15) is 65.3 Å². The number of fused-ring (bicyclic) bond motifs is 7. The van der Waals surface area contributed by atoms with E-state index in [4.69, 9.17) is 0 Å². The molecule has 3 atom stereocenters. The van der Waals surface area contributed by atoms with Gasteiger partial charge in [0.1, 0.15) is 12.1 Å². The molecule has 1 aliphatic carbocycles. The van der Waals surface area contributed by atoms with E-state index in [0.717, 1.165) is 59.2 Å². The van der Waals surface area contributed by atoms with Crippen molar-refractivity contribution in [2.75, 3.05) is 12.0 Å². The maximum Gasteiger partial charge on any atom is 0.255 e. The van der Waals surface area contributed by atoms with Crippen LogP contribution in [0.4, 0.5) is 0 Å². The largest absolute Gasteiger partial charge is 0.356 e. The Morgan fingerprint density at radius 3 is 2.68 bits per heavy atom.